The van der Waals surface area contributed by atoms with Crippen molar-refractivity contribution >= 4 is 47.0 Å². The smallest absolute Gasteiger partial charge is 0.261 e. The summed E-state index contributed by atoms with van der Waals surface area (Å²) in [6.45, 7) is 0. The van der Waals surface area contributed by atoms with Crippen molar-refractivity contribution in [3.05, 3.63) is 83.9 Å². The van der Waals surface area contributed by atoms with Crippen molar-refractivity contribution in [3.8, 4) is 12.1 Å². The second-order valence-corrected chi connectivity index (χ2v) is 8.60. The van der Waals surface area contributed by atoms with E-state index in [0.29, 0.717) is 21.9 Å². The fraction of sp³-hybridized carbons (Fsp3) is 0. The van der Waals surface area contributed by atoms with E-state index in [1.54, 1.807) is 36.4 Å². The normalized spacial score (nSPS) is 10.6. The summed E-state index contributed by atoms with van der Waals surface area (Å²) in [6.07, 6.45) is 0. The Hall–Kier alpha value is -3.58. The molecule has 0 bridgehead atoms. The van der Waals surface area contributed by atoms with Gasteiger partial charge in [0, 0.05) is 37.9 Å². The molecule has 4 rings (SSSR count). The van der Waals surface area contributed by atoms with Crippen LogP contribution in [0.15, 0.2) is 77.7 Å². The molecule has 0 aromatic heterocycles. The number of halogens is 1. The van der Waals surface area contributed by atoms with Crippen molar-refractivity contribution in [2.45, 2.75) is 4.90 Å². The van der Waals surface area contributed by atoms with E-state index in [-0.39, 0.29) is 4.90 Å². The van der Waals surface area contributed by atoms with Gasteiger partial charge in [0.25, 0.3) is 9.05 Å². The number of fused-ring (bicyclic) bond motifs is 2. The van der Waals surface area contributed by atoms with Crippen LogP contribution in [0, 0.1) is 22.7 Å². The van der Waals surface area contributed by atoms with Gasteiger partial charge in [-0.25, -0.2) is 8.42 Å². The second kappa shape index (κ2) is 8.20. The molecule has 2 N–H and O–H groups in total. The Morgan fingerprint density at radius 2 is 1.14 bits per heavy atom. The van der Waals surface area contributed by atoms with Gasteiger partial charge in [0.05, 0.1) is 28.2 Å². The minimum atomic E-state index is -3.79. The Kier molecular flexibility index (Phi) is 5.70. The topological polar surface area (TPSA) is 108 Å². The highest BCUT2D eigenvalue weighted by Gasteiger charge is 2.14. The van der Waals surface area contributed by atoms with E-state index in [1.165, 1.54) is 6.07 Å². The summed E-state index contributed by atoms with van der Waals surface area (Å²) in [6, 6.07) is 24.9. The van der Waals surface area contributed by atoms with Crippen LogP contribution < -0.4 is 5.73 Å². The van der Waals surface area contributed by atoms with E-state index in [9.17, 15) is 8.42 Å². The molecule has 4 aromatic rings. The Bertz CT molecular complexity index is 1420. The van der Waals surface area contributed by atoms with Gasteiger partial charge in [0.2, 0.25) is 0 Å². The Morgan fingerprint density at radius 1 is 0.690 bits per heavy atom. The standard InChI is InChI=1S/C11H6ClNO2S.C11H8N2/c12-16(14,15)11-6-2-4-9-8(7-13)3-1-5-10(9)11;12-7-8-3-1-5-10-9(8)4-2-6-11(10)13/h1-6H;1-6H,13H2. The maximum Gasteiger partial charge on any atom is 0.261 e. The van der Waals surface area contributed by atoms with E-state index in [2.05, 4.69) is 6.07 Å². The van der Waals surface area contributed by atoms with E-state index >= 15 is 0 Å². The lowest BCUT2D eigenvalue weighted by molar-refractivity contribution is 0.610. The number of nitriles is 2. The largest absolute Gasteiger partial charge is 0.398 e. The summed E-state index contributed by atoms with van der Waals surface area (Å²) < 4.78 is 22.7. The van der Waals surface area contributed by atoms with Gasteiger partial charge in [-0.15, -0.1) is 0 Å². The molecule has 5 nitrogen and oxygen atoms in total. The predicted molar refractivity (Wildman–Crippen MR) is 115 cm³/mol. The van der Waals surface area contributed by atoms with Gasteiger partial charge in [-0.3, -0.25) is 0 Å². The molecular formula is C22H14ClN3O2S. The van der Waals surface area contributed by atoms with Gasteiger partial charge in [-0.05, 0) is 24.3 Å². The number of nitrogens with zero attached hydrogens (tertiary/aromatic N) is 2. The zero-order valence-electron chi connectivity index (χ0n) is 15.0. The zero-order valence-corrected chi connectivity index (χ0v) is 16.6. The van der Waals surface area contributed by atoms with Crippen LogP contribution in [0.25, 0.3) is 21.5 Å². The molecule has 0 aliphatic rings. The molecule has 0 saturated carbocycles. The molecule has 7 heteroatoms. The van der Waals surface area contributed by atoms with Crippen molar-refractivity contribution in [1.29, 1.82) is 10.5 Å². The summed E-state index contributed by atoms with van der Waals surface area (Å²) in [5, 5.41) is 20.7. The number of hydrogen-bond acceptors (Lipinski definition) is 5. The summed E-state index contributed by atoms with van der Waals surface area (Å²) in [5.41, 5.74) is 7.59. The number of rotatable bonds is 1. The monoisotopic (exact) mass is 419 g/mol. The van der Waals surface area contributed by atoms with Crippen LogP contribution in [0.3, 0.4) is 0 Å². The molecule has 0 unspecified atom stereocenters. The van der Waals surface area contributed by atoms with Crippen molar-refractivity contribution in [2.75, 3.05) is 5.73 Å². The average Bonchev–Trinajstić information content (AvgIpc) is 2.72. The zero-order chi connectivity index (χ0) is 21.0. The highest BCUT2D eigenvalue weighted by Crippen LogP contribution is 2.27. The molecule has 142 valence electrons. The van der Waals surface area contributed by atoms with E-state index in [4.69, 9.17) is 26.9 Å². The van der Waals surface area contributed by atoms with Crippen molar-refractivity contribution in [2.24, 2.45) is 0 Å². The summed E-state index contributed by atoms with van der Waals surface area (Å²) >= 11 is 0. The van der Waals surface area contributed by atoms with Gasteiger partial charge < -0.3 is 5.73 Å². The fourth-order valence-corrected chi connectivity index (χ4v) is 4.11. The molecule has 29 heavy (non-hydrogen) atoms. The highest BCUT2D eigenvalue weighted by atomic mass is 35.7. The lowest BCUT2D eigenvalue weighted by Gasteiger charge is -2.03. The SMILES string of the molecule is N#Cc1cccc2c(N)cccc12.N#Cc1cccc2c(S(=O)(=O)Cl)cccc12. The summed E-state index contributed by atoms with van der Waals surface area (Å²) in [4.78, 5) is 0.0313. The molecule has 0 aliphatic carbocycles. The van der Waals surface area contributed by atoms with E-state index in [1.807, 2.05) is 36.4 Å². The Balaban J connectivity index is 0.000000169. The number of anilines is 1. The van der Waals surface area contributed by atoms with Crippen LogP contribution in [0.5, 0.6) is 0 Å². The molecule has 0 radical (unpaired) electrons. The first-order chi connectivity index (χ1) is 13.9. The first-order valence-corrected chi connectivity index (χ1v) is 10.7. The first kappa shape index (κ1) is 20.2. The van der Waals surface area contributed by atoms with Crippen LogP contribution in [0.4, 0.5) is 5.69 Å². The minimum absolute atomic E-state index is 0.0313. The lowest BCUT2D eigenvalue weighted by Crippen LogP contribution is -1.92. The second-order valence-electron chi connectivity index (χ2n) is 6.07. The Labute approximate surface area is 172 Å². The number of hydrogen-bond donors (Lipinski definition) is 1. The van der Waals surface area contributed by atoms with Gasteiger partial charge in [-0.2, -0.15) is 10.5 Å². The average molecular weight is 420 g/mol. The maximum absolute atomic E-state index is 11.3. The predicted octanol–water partition coefficient (Wildman–Crippen LogP) is 4.93. The molecule has 0 spiro atoms. The molecule has 0 atom stereocenters. The van der Waals surface area contributed by atoms with Gasteiger partial charge in [0.15, 0.2) is 0 Å². The highest BCUT2D eigenvalue weighted by molar-refractivity contribution is 8.14. The number of benzene rings is 4. The molecule has 0 aliphatic heterocycles. The van der Waals surface area contributed by atoms with Gasteiger partial charge in [0.1, 0.15) is 0 Å². The molecule has 0 heterocycles. The first-order valence-electron chi connectivity index (χ1n) is 8.40. The minimum Gasteiger partial charge on any atom is -0.398 e. The molecule has 0 fully saturated rings. The number of nitrogen functional groups attached to an aromatic ring is 1. The van der Waals surface area contributed by atoms with Crippen molar-refractivity contribution < 1.29 is 8.42 Å². The van der Waals surface area contributed by atoms with E-state index < -0.39 is 9.05 Å². The van der Waals surface area contributed by atoms with Crippen LogP contribution >= 0.6 is 10.7 Å². The molecule has 0 saturated heterocycles. The molecule has 0 amide bonds. The lowest BCUT2D eigenvalue weighted by atomic mass is 10.0. The number of nitrogens with two attached hydrogens (primary N) is 1. The Morgan fingerprint density at radius 3 is 1.69 bits per heavy atom. The molecular weight excluding hydrogens is 406 g/mol. The van der Waals surface area contributed by atoms with E-state index in [0.717, 1.165) is 16.5 Å². The maximum atomic E-state index is 11.3. The quantitative estimate of drug-likeness (QED) is 0.347. The third-order valence-electron chi connectivity index (χ3n) is 4.34. The summed E-state index contributed by atoms with van der Waals surface area (Å²) in [5.74, 6) is 0. The van der Waals surface area contributed by atoms with Crippen LogP contribution in [-0.4, -0.2) is 8.42 Å². The van der Waals surface area contributed by atoms with Crippen LogP contribution in [-0.2, 0) is 9.05 Å². The van der Waals surface area contributed by atoms with Crippen molar-refractivity contribution in [3.63, 3.8) is 0 Å². The van der Waals surface area contributed by atoms with Crippen LogP contribution in [0.1, 0.15) is 11.1 Å². The third kappa shape index (κ3) is 4.14. The van der Waals surface area contributed by atoms with Crippen molar-refractivity contribution in [1.82, 2.24) is 0 Å². The van der Waals surface area contributed by atoms with Crippen LogP contribution in [0.2, 0.25) is 0 Å². The van der Waals surface area contributed by atoms with Gasteiger partial charge in [-0.1, -0.05) is 48.5 Å². The third-order valence-corrected chi connectivity index (χ3v) is 5.72. The van der Waals surface area contributed by atoms with Gasteiger partial charge >= 0.3 is 0 Å². The fourth-order valence-electron chi connectivity index (χ4n) is 3.02. The summed E-state index contributed by atoms with van der Waals surface area (Å²) in [7, 11) is 1.53. The molecule has 4 aromatic carbocycles.